The molecule has 0 aromatic rings. The molecule has 3 nitrogen and oxygen atoms in total. The zero-order valence-corrected chi connectivity index (χ0v) is 14.4. The number of aliphatic hydroxyl groups is 2. The molecular weight excluding hydrogens is 296 g/mol. The van der Waals surface area contributed by atoms with Gasteiger partial charge in [0.15, 0.2) is 0 Å². The summed E-state index contributed by atoms with van der Waals surface area (Å²) < 4.78 is 6.04. The molecule has 2 bridgehead atoms. The standard InChI is InChI=1S/C18H30O3S/c1-3-6-13(19)8-9-14-16-10-11-17(21-16)18(14)15(20)7-5-12-22-4-2/h3,5,7,13-20H,1,4,6,8-12H2,2H3/t13?,14-,15-,16?,17-,18-/m0/s1. The number of rotatable bonds is 10. The minimum Gasteiger partial charge on any atom is -0.393 e. The zero-order chi connectivity index (χ0) is 15.9. The Morgan fingerprint density at radius 2 is 2.09 bits per heavy atom. The number of ether oxygens (including phenoxy) is 1. The SMILES string of the molecule is C=CCC(O)CC[C@H]1C2CC[C@H](O2)[C@@H]1[C@@H](O)C=CCSCC. The van der Waals surface area contributed by atoms with Crippen LogP contribution in [-0.2, 0) is 4.74 Å². The van der Waals surface area contributed by atoms with E-state index in [0.717, 1.165) is 37.2 Å². The molecule has 126 valence electrons. The highest BCUT2D eigenvalue weighted by Crippen LogP contribution is 2.47. The minimum atomic E-state index is -0.422. The van der Waals surface area contributed by atoms with Crippen molar-refractivity contribution in [3.05, 3.63) is 24.8 Å². The predicted octanol–water partition coefficient (Wildman–Crippen LogP) is 3.17. The Balaban J connectivity index is 1.89. The van der Waals surface area contributed by atoms with E-state index in [0.29, 0.717) is 12.3 Å². The van der Waals surface area contributed by atoms with Crippen LogP contribution in [0.4, 0.5) is 0 Å². The van der Waals surface area contributed by atoms with E-state index in [-0.39, 0.29) is 24.2 Å². The van der Waals surface area contributed by atoms with Gasteiger partial charge in [-0.2, -0.15) is 11.8 Å². The smallest absolute Gasteiger partial charge is 0.0777 e. The summed E-state index contributed by atoms with van der Waals surface area (Å²) in [5.41, 5.74) is 0. The first-order valence-electron chi connectivity index (χ1n) is 8.54. The third-order valence-corrected chi connectivity index (χ3v) is 5.74. The second-order valence-corrected chi connectivity index (χ2v) is 7.68. The average molecular weight is 327 g/mol. The Bertz CT molecular complexity index is 371. The highest BCUT2D eigenvalue weighted by molar-refractivity contribution is 7.99. The molecule has 2 fully saturated rings. The minimum absolute atomic E-state index is 0.192. The highest BCUT2D eigenvalue weighted by atomic mass is 32.2. The Morgan fingerprint density at radius 1 is 1.32 bits per heavy atom. The number of hydrogen-bond donors (Lipinski definition) is 2. The van der Waals surface area contributed by atoms with Crippen molar-refractivity contribution in [3.63, 3.8) is 0 Å². The second-order valence-electron chi connectivity index (χ2n) is 6.37. The van der Waals surface area contributed by atoms with Gasteiger partial charge in [0, 0.05) is 11.7 Å². The summed E-state index contributed by atoms with van der Waals surface area (Å²) in [6.45, 7) is 5.82. The third kappa shape index (κ3) is 4.60. The molecule has 0 spiro atoms. The molecular formula is C18H30O3S. The maximum atomic E-state index is 10.6. The van der Waals surface area contributed by atoms with Crippen LogP contribution in [0.1, 0.15) is 39.0 Å². The molecule has 6 atom stereocenters. The first-order valence-corrected chi connectivity index (χ1v) is 9.69. The van der Waals surface area contributed by atoms with Gasteiger partial charge in [-0.1, -0.05) is 25.2 Å². The summed E-state index contributed by atoms with van der Waals surface area (Å²) in [5, 5.41) is 20.5. The van der Waals surface area contributed by atoms with E-state index < -0.39 is 6.10 Å². The van der Waals surface area contributed by atoms with Crippen LogP contribution in [0.25, 0.3) is 0 Å². The van der Waals surface area contributed by atoms with E-state index >= 15 is 0 Å². The predicted molar refractivity (Wildman–Crippen MR) is 93.1 cm³/mol. The maximum absolute atomic E-state index is 10.6. The highest BCUT2D eigenvalue weighted by Gasteiger charge is 2.50. The fraction of sp³-hybridized carbons (Fsp3) is 0.778. The van der Waals surface area contributed by atoms with Crippen molar-refractivity contribution in [2.45, 2.75) is 63.4 Å². The normalized spacial score (nSPS) is 33.4. The van der Waals surface area contributed by atoms with Crippen LogP contribution in [0.5, 0.6) is 0 Å². The number of thioether (sulfide) groups is 1. The average Bonchev–Trinajstić information content (AvgIpc) is 3.10. The van der Waals surface area contributed by atoms with Crippen molar-refractivity contribution >= 4 is 11.8 Å². The molecule has 0 aromatic carbocycles. The monoisotopic (exact) mass is 326 g/mol. The van der Waals surface area contributed by atoms with E-state index in [9.17, 15) is 10.2 Å². The lowest BCUT2D eigenvalue weighted by Crippen LogP contribution is -2.36. The van der Waals surface area contributed by atoms with Crippen molar-refractivity contribution < 1.29 is 14.9 Å². The summed E-state index contributed by atoms with van der Waals surface area (Å²) in [4.78, 5) is 0. The Labute approximate surface area is 138 Å². The number of fused-ring (bicyclic) bond motifs is 2. The molecule has 2 rings (SSSR count). The van der Waals surface area contributed by atoms with Gasteiger partial charge in [-0.05, 0) is 43.8 Å². The molecule has 0 saturated carbocycles. The van der Waals surface area contributed by atoms with E-state index in [1.54, 1.807) is 6.08 Å². The summed E-state index contributed by atoms with van der Waals surface area (Å²) in [5.74, 6) is 2.62. The van der Waals surface area contributed by atoms with E-state index in [1.807, 2.05) is 17.8 Å². The summed E-state index contributed by atoms with van der Waals surface area (Å²) in [6, 6.07) is 0. The van der Waals surface area contributed by atoms with Crippen LogP contribution in [0.2, 0.25) is 0 Å². The first kappa shape index (κ1) is 18.1. The van der Waals surface area contributed by atoms with E-state index in [1.165, 1.54) is 0 Å². The van der Waals surface area contributed by atoms with Crippen molar-refractivity contribution in [2.24, 2.45) is 11.8 Å². The molecule has 2 aliphatic rings. The van der Waals surface area contributed by atoms with Crippen LogP contribution in [0.3, 0.4) is 0 Å². The fourth-order valence-electron chi connectivity index (χ4n) is 3.87. The third-order valence-electron chi connectivity index (χ3n) is 4.90. The quantitative estimate of drug-likeness (QED) is 0.478. The lowest BCUT2D eigenvalue weighted by Gasteiger charge is -2.31. The van der Waals surface area contributed by atoms with E-state index in [2.05, 4.69) is 19.6 Å². The molecule has 2 heterocycles. The second kappa shape index (κ2) is 9.11. The maximum Gasteiger partial charge on any atom is 0.0777 e. The number of hydrogen-bond acceptors (Lipinski definition) is 4. The van der Waals surface area contributed by atoms with Crippen LogP contribution < -0.4 is 0 Å². The van der Waals surface area contributed by atoms with Crippen LogP contribution in [-0.4, -0.2) is 46.1 Å². The summed E-state index contributed by atoms with van der Waals surface area (Å²) >= 11 is 1.86. The molecule has 4 heteroatoms. The van der Waals surface area contributed by atoms with Gasteiger partial charge in [-0.3, -0.25) is 0 Å². The largest absolute Gasteiger partial charge is 0.393 e. The van der Waals surface area contributed by atoms with Gasteiger partial charge < -0.3 is 14.9 Å². The first-order chi connectivity index (χ1) is 10.7. The topological polar surface area (TPSA) is 49.7 Å². The van der Waals surface area contributed by atoms with Gasteiger partial charge in [0.2, 0.25) is 0 Å². The summed E-state index contributed by atoms with van der Waals surface area (Å²) in [6.07, 6.45) is 10.0. The zero-order valence-electron chi connectivity index (χ0n) is 13.6. The molecule has 2 aliphatic heterocycles. The van der Waals surface area contributed by atoms with Crippen molar-refractivity contribution in [1.82, 2.24) is 0 Å². The molecule has 22 heavy (non-hydrogen) atoms. The molecule has 0 aliphatic carbocycles. The lowest BCUT2D eigenvalue weighted by molar-refractivity contribution is 0.0597. The van der Waals surface area contributed by atoms with Crippen molar-refractivity contribution in [3.8, 4) is 0 Å². The van der Waals surface area contributed by atoms with Crippen LogP contribution in [0, 0.1) is 11.8 Å². The van der Waals surface area contributed by atoms with Gasteiger partial charge in [0.1, 0.15) is 0 Å². The van der Waals surface area contributed by atoms with Gasteiger partial charge in [0.25, 0.3) is 0 Å². The van der Waals surface area contributed by atoms with Crippen molar-refractivity contribution in [1.29, 1.82) is 0 Å². The van der Waals surface area contributed by atoms with Gasteiger partial charge in [0.05, 0.1) is 24.4 Å². The number of aliphatic hydroxyl groups excluding tert-OH is 2. The van der Waals surface area contributed by atoms with Gasteiger partial charge in [-0.25, -0.2) is 0 Å². The molecule has 2 unspecified atom stereocenters. The van der Waals surface area contributed by atoms with Gasteiger partial charge >= 0.3 is 0 Å². The van der Waals surface area contributed by atoms with Crippen LogP contribution in [0.15, 0.2) is 24.8 Å². The Hall–Kier alpha value is -0.290. The summed E-state index contributed by atoms with van der Waals surface area (Å²) in [7, 11) is 0. The molecule has 0 aromatic heterocycles. The Kier molecular flexibility index (Phi) is 7.48. The molecule has 0 amide bonds. The molecule has 2 saturated heterocycles. The lowest BCUT2D eigenvalue weighted by atomic mass is 9.73. The molecule has 2 N–H and O–H groups in total. The Morgan fingerprint density at radius 3 is 2.82 bits per heavy atom. The fourth-order valence-corrected chi connectivity index (χ4v) is 4.35. The van der Waals surface area contributed by atoms with Crippen LogP contribution >= 0.6 is 11.8 Å². The molecule has 0 radical (unpaired) electrons. The van der Waals surface area contributed by atoms with Crippen molar-refractivity contribution in [2.75, 3.05) is 11.5 Å². The van der Waals surface area contributed by atoms with E-state index in [4.69, 9.17) is 4.74 Å². The van der Waals surface area contributed by atoms with Gasteiger partial charge in [-0.15, -0.1) is 6.58 Å².